The van der Waals surface area contributed by atoms with Crippen molar-refractivity contribution >= 4 is 26.9 Å². The monoisotopic (exact) mass is 280 g/mol. The van der Waals surface area contributed by atoms with Crippen LogP contribution >= 0.6 is 0 Å². The topological polar surface area (TPSA) is 90.9 Å². The van der Waals surface area contributed by atoms with Crippen molar-refractivity contribution in [3.05, 3.63) is 17.8 Å². The number of nitrogens with two attached hydrogens (primary N) is 1. The fourth-order valence-corrected chi connectivity index (χ4v) is 4.06. The predicted molar refractivity (Wildman–Crippen MR) is 73.6 cm³/mol. The van der Waals surface area contributed by atoms with E-state index in [1.807, 2.05) is 17.6 Å². The van der Waals surface area contributed by atoms with Crippen molar-refractivity contribution in [3.63, 3.8) is 0 Å². The van der Waals surface area contributed by atoms with E-state index in [1.165, 1.54) is 0 Å². The van der Waals surface area contributed by atoms with Gasteiger partial charge in [-0.15, -0.1) is 0 Å². The van der Waals surface area contributed by atoms with E-state index in [9.17, 15) is 8.42 Å². The molecule has 1 aliphatic heterocycles. The third kappa shape index (κ3) is 2.18. The molecule has 0 radical (unpaired) electrons. The second-order valence-electron chi connectivity index (χ2n) is 5.08. The van der Waals surface area contributed by atoms with Gasteiger partial charge in [-0.2, -0.15) is 0 Å². The van der Waals surface area contributed by atoms with Crippen LogP contribution in [0.25, 0.3) is 11.2 Å². The minimum Gasteiger partial charge on any atom is -0.369 e. The molecule has 0 bridgehead atoms. The first kappa shape index (κ1) is 12.4. The molecule has 1 saturated heterocycles. The maximum absolute atomic E-state index is 11.5. The zero-order valence-corrected chi connectivity index (χ0v) is 11.5. The minimum absolute atomic E-state index is 0.0729. The third-order valence-corrected chi connectivity index (χ3v) is 5.30. The Labute approximate surface area is 111 Å². The van der Waals surface area contributed by atoms with Crippen LogP contribution in [0.5, 0.6) is 0 Å². The Morgan fingerprint density at radius 2 is 2.05 bits per heavy atom. The van der Waals surface area contributed by atoms with Gasteiger partial charge >= 0.3 is 0 Å². The zero-order chi connectivity index (χ0) is 13.6. The maximum atomic E-state index is 11.5. The van der Waals surface area contributed by atoms with Gasteiger partial charge in [0, 0.05) is 12.2 Å². The number of hydrogen-bond donors (Lipinski definition) is 1. The molecule has 2 N–H and O–H groups in total. The van der Waals surface area contributed by atoms with Gasteiger partial charge in [-0.1, -0.05) is 0 Å². The number of hydrogen-bond acceptors (Lipinski definition) is 5. The highest BCUT2D eigenvalue weighted by Crippen LogP contribution is 2.29. The lowest BCUT2D eigenvalue weighted by molar-refractivity contribution is 0.461. The predicted octanol–water partition coefficient (Wildman–Crippen LogP) is 1.07. The van der Waals surface area contributed by atoms with Gasteiger partial charge < -0.3 is 5.73 Å². The molecule has 3 heterocycles. The molecule has 0 amide bonds. The second kappa shape index (κ2) is 4.19. The van der Waals surface area contributed by atoms with Crippen molar-refractivity contribution < 1.29 is 8.42 Å². The molecule has 0 aromatic carbocycles. The molecular formula is C12H16N4O2S. The molecule has 0 aliphatic carbocycles. The van der Waals surface area contributed by atoms with Gasteiger partial charge in [-0.25, -0.2) is 18.4 Å². The summed E-state index contributed by atoms with van der Waals surface area (Å²) in [4.78, 5) is 8.70. The Bertz CT molecular complexity index is 722. The molecule has 0 saturated carbocycles. The highest BCUT2D eigenvalue weighted by atomic mass is 32.2. The number of fused-ring (bicyclic) bond motifs is 1. The third-order valence-electron chi connectivity index (χ3n) is 3.58. The number of aryl methyl sites for hydroxylation is 1. The van der Waals surface area contributed by atoms with Gasteiger partial charge in [0.25, 0.3) is 0 Å². The van der Waals surface area contributed by atoms with E-state index < -0.39 is 9.84 Å². The van der Waals surface area contributed by atoms with E-state index in [-0.39, 0.29) is 17.5 Å². The molecule has 3 rings (SSSR count). The second-order valence-corrected chi connectivity index (χ2v) is 7.38. The fourth-order valence-electron chi connectivity index (χ4n) is 2.60. The average molecular weight is 280 g/mol. The summed E-state index contributed by atoms with van der Waals surface area (Å²) in [5, 5.41) is 0. The van der Waals surface area contributed by atoms with Gasteiger partial charge in [-0.3, -0.25) is 4.57 Å². The summed E-state index contributed by atoms with van der Waals surface area (Å²) in [7, 11) is -2.87. The van der Waals surface area contributed by atoms with Crippen molar-refractivity contribution in [1.82, 2.24) is 14.5 Å². The number of nitrogen functional groups attached to an aromatic ring is 1. The molecule has 0 spiro atoms. The Hall–Kier alpha value is -1.63. The molecule has 19 heavy (non-hydrogen) atoms. The molecule has 2 aromatic heterocycles. The van der Waals surface area contributed by atoms with E-state index in [0.29, 0.717) is 18.8 Å². The summed E-state index contributed by atoms with van der Waals surface area (Å²) in [5.74, 6) is 0.836. The van der Waals surface area contributed by atoms with Crippen LogP contribution in [0.1, 0.15) is 24.4 Å². The average Bonchev–Trinajstić information content (AvgIpc) is 2.65. The summed E-state index contributed by atoms with van der Waals surface area (Å²) in [6.07, 6.45) is 2.93. The van der Waals surface area contributed by atoms with E-state index in [1.54, 1.807) is 6.20 Å². The maximum Gasteiger partial charge on any atom is 0.202 e. The Morgan fingerprint density at radius 3 is 2.74 bits per heavy atom. The molecule has 2 aromatic rings. The van der Waals surface area contributed by atoms with Gasteiger partial charge in [0.05, 0.1) is 11.5 Å². The Balaban J connectivity index is 2.03. The van der Waals surface area contributed by atoms with Gasteiger partial charge in [-0.05, 0) is 31.4 Å². The standard InChI is InChI=1S/C12H16N4O2S/c1-8-6-10-11(14-7-8)16(12(13)15-10)9-2-4-19(17,18)5-3-9/h6-7,9H,2-5H2,1H3,(H2,13,15). The summed E-state index contributed by atoms with van der Waals surface area (Å²) >= 11 is 0. The molecule has 1 fully saturated rings. The number of rotatable bonds is 1. The van der Waals surface area contributed by atoms with Crippen molar-refractivity contribution in [2.24, 2.45) is 0 Å². The van der Waals surface area contributed by atoms with Crippen LogP contribution in [0, 0.1) is 6.92 Å². The SMILES string of the molecule is Cc1cnc2c(c1)nc(N)n2C1CCS(=O)(=O)CC1. The Morgan fingerprint density at radius 1 is 1.37 bits per heavy atom. The van der Waals surface area contributed by atoms with Gasteiger partial charge in [0.2, 0.25) is 5.95 Å². The van der Waals surface area contributed by atoms with E-state index in [4.69, 9.17) is 5.73 Å². The first-order chi connectivity index (χ1) is 8.96. The number of aromatic nitrogens is 3. The number of nitrogens with zero attached hydrogens (tertiary/aromatic N) is 3. The highest BCUT2D eigenvalue weighted by Gasteiger charge is 2.27. The zero-order valence-electron chi connectivity index (χ0n) is 10.7. The summed E-state index contributed by atoms with van der Waals surface area (Å²) in [6, 6.07) is 2.01. The molecule has 7 heteroatoms. The van der Waals surface area contributed by atoms with Crippen molar-refractivity contribution in [1.29, 1.82) is 0 Å². The van der Waals surface area contributed by atoms with E-state index in [0.717, 1.165) is 16.7 Å². The highest BCUT2D eigenvalue weighted by molar-refractivity contribution is 7.91. The minimum atomic E-state index is -2.87. The number of imidazole rings is 1. The van der Waals surface area contributed by atoms with Crippen molar-refractivity contribution in [3.8, 4) is 0 Å². The smallest absolute Gasteiger partial charge is 0.202 e. The largest absolute Gasteiger partial charge is 0.369 e. The molecule has 102 valence electrons. The summed E-state index contributed by atoms with van der Waals surface area (Å²) in [6.45, 7) is 1.95. The van der Waals surface area contributed by atoms with Crippen LogP contribution in [0.15, 0.2) is 12.3 Å². The first-order valence-corrected chi connectivity index (χ1v) is 8.09. The first-order valence-electron chi connectivity index (χ1n) is 6.27. The molecule has 0 unspecified atom stereocenters. The molecule has 1 aliphatic rings. The lowest BCUT2D eigenvalue weighted by Gasteiger charge is -2.24. The van der Waals surface area contributed by atoms with E-state index in [2.05, 4.69) is 9.97 Å². The number of sulfone groups is 1. The Kier molecular flexibility index (Phi) is 2.74. The molecule has 0 atom stereocenters. The van der Waals surface area contributed by atoms with Crippen LogP contribution in [0.2, 0.25) is 0 Å². The number of anilines is 1. The molecule has 6 nitrogen and oxygen atoms in total. The summed E-state index contributed by atoms with van der Waals surface area (Å²) in [5.41, 5.74) is 8.51. The van der Waals surface area contributed by atoms with Crippen LogP contribution < -0.4 is 5.73 Å². The van der Waals surface area contributed by atoms with Crippen LogP contribution in [0.4, 0.5) is 5.95 Å². The van der Waals surface area contributed by atoms with E-state index >= 15 is 0 Å². The fraction of sp³-hybridized carbons (Fsp3) is 0.500. The van der Waals surface area contributed by atoms with Crippen LogP contribution in [-0.2, 0) is 9.84 Å². The van der Waals surface area contributed by atoms with Crippen molar-refractivity contribution in [2.45, 2.75) is 25.8 Å². The lowest BCUT2D eigenvalue weighted by atomic mass is 10.1. The lowest BCUT2D eigenvalue weighted by Crippen LogP contribution is -2.26. The number of pyridine rings is 1. The van der Waals surface area contributed by atoms with Crippen molar-refractivity contribution in [2.75, 3.05) is 17.2 Å². The normalized spacial score (nSPS) is 19.8. The van der Waals surface area contributed by atoms with Gasteiger partial charge in [0.1, 0.15) is 15.4 Å². The van der Waals surface area contributed by atoms with Crippen LogP contribution in [0.3, 0.4) is 0 Å². The quantitative estimate of drug-likeness (QED) is 0.843. The molecular weight excluding hydrogens is 264 g/mol. The summed E-state index contributed by atoms with van der Waals surface area (Å²) < 4.78 is 24.9. The van der Waals surface area contributed by atoms with Gasteiger partial charge in [0.15, 0.2) is 5.65 Å². The van der Waals surface area contributed by atoms with Crippen LogP contribution in [-0.4, -0.2) is 34.5 Å².